The van der Waals surface area contributed by atoms with Gasteiger partial charge < -0.3 is 14.3 Å². The van der Waals surface area contributed by atoms with Crippen LogP contribution >= 0.6 is 0 Å². The zero-order chi connectivity index (χ0) is 20.6. The molecule has 1 N–H and O–H groups in total. The molecule has 4 heteroatoms. The van der Waals surface area contributed by atoms with Crippen molar-refractivity contribution in [2.75, 3.05) is 14.2 Å². The topological polar surface area (TPSA) is 38.7 Å². The Labute approximate surface area is 171 Å². The molecule has 0 aliphatic heterocycles. The molecule has 2 rings (SSSR count). The summed E-state index contributed by atoms with van der Waals surface area (Å²) in [7, 11) is 0.496. The minimum Gasteiger partial charge on any atom is -0.424 e. The molecule has 2 aromatic rings. The smallest absolute Gasteiger partial charge is 0.258 e. The summed E-state index contributed by atoms with van der Waals surface area (Å²) in [4.78, 5) is 12.2. The van der Waals surface area contributed by atoms with E-state index in [1.807, 2.05) is 36.4 Å². The van der Waals surface area contributed by atoms with Crippen LogP contribution < -0.4 is 10.4 Å². The van der Waals surface area contributed by atoms with Gasteiger partial charge in [0.15, 0.2) is 6.29 Å². The predicted molar refractivity (Wildman–Crippen MR) is 120 cm³/mol. The van der Waals surface area contributed by atoms with E-state index in [1.54, 1.807) is 14.2 Å². The van der Waals surface area contributed by atoms with Crippen LogP contribution in [-0.4, -0.2) is 33.6 Å². The Bertz CT molecular complexity index is 644. The Morgan fingerprint density at radius 1 is 0.857 bits per heavy atom. The zero-order valence-electron chi connectivity index (χ0n) is 18.0. The normalized spacial score (nSPS) is 13.7. The molecule has 0 bridgehead atoms. The van der Waals surface area contributed by atoms with Crippen LogP contribution in [0.1, 0.15) is 46.5 Å². The lowest BCUT2D eigenvalue weighted by Gasteiger charge is -2.41. The van der Waals surface area contributed by atoms with Crippen LogP contribution in [0, 0.1) is 5.92 Å². The Hall–Kier alpha value is -1.46. The minimum absolute atomic E-state index is 0.145. The van der Waals surface area contributed by atoms with Crippen LogP contribution in [0.5, 0.6) is 0 Å². The molecule has 3 nitrogen and oxygen atoms in total. The fourth-order valence-electron chi connectivity index (χ4n) is 4.22. The van der Waals surface area contributed by atoms with Crippen molar-refractivity contribution in [3.63, 3.8) is 0 Å². The van der Waals surface area contributed by atoms with Gasteiger partial charge in [-0.25, -0.2) is 0 Å². The first-order valence-corrected chi connectivity index (χ1v) is 12.2. The van der Waals surface area contributed by atoms with E-state index < -0.39 is 8.32 Å². The Balaban J connectivity index is 2.14. The van der Waals surface area contributed by atoms with Gasteiger partial charge in [-0.15, -0.1) is 0 Å². The van der Waals surface area contributed by atoms with Crippen molar-refractivity contribution >= 4 is 18.7 Å². The van der Waals surface area contributed by atoms with E-state index in [-0.39, 0.29) is 11.3 Å². The quantitative estimate of drug-likeness (QED) is 0.346. The fourth-order valence-corrected chi connectivity index (χ4v) is 8.00. The van der Waals surface area contributed by atoms with Crippen molar-refractivity contribution in [2.24, 2.45) is 5.92 Å². The highest BCUT2D eigenvalue weighted by atomic mass is 28.4. The highest BCUT2D eigenvalue weighted by Gasteiger charge is 2.49. The molecule has 0 radical (unpaired) electrons. The molecule has 0 fully saturated rings. The fraction of sp³-hybridized carbons (Fsp3) is 0.500. The molecule has 0 heterocycles. The van der Waals surface area contributed by atoms with Gasteiger partial charge >= 0.3 is 0 Å². The number of hydrogen-bond acceptors (Lipinski definition) is 3. The molecule has 0 saturated carbocycles. The molecule has 2 aromatic carbocycles. The van der Waals surface area contributed by atoms with Crippen LogP contribution in [0.25, 0.3) is 0 Å². The van der Waals surface area contributed by atoms with Gasteiger partial charge in [0.05, 0.1) is 0 Å². The SMILES string of the molecule is COC(OC)C(C)CCCCC(C)(C)[Si](O)(c1ccccc1)c1ccccc1. The summed E-state index contributed by atoms with van der Waals surface area (Å²) in [5.74, 6) is 0.359. The summed E-state index contributed by atoms with van der Waals surface area (Å²) >= 11 is 0. The van der Waals surface area contributed by atoms with Crippen LogP contribution in [0.4, 0.5) is 0 Å². The zero-order valence-corrected chi connectivity index (χ0v) is 19.0. The summed E-state index contributed by atoms with van der Waals surface area (Å²) < 4.78 is 10.7. The third-order valence-corrected chi connectivity index (χ3v) is 10.5. The van der Waals surface area contributed by atoms with Crippen molar-refractivity contribution in [1.29, 1.82) is 0 Å². The molecular weight excluding hydrogens is 364 g/mol. The standard InChI is InChI=1S/C24H36O3Si/c1-20(23(26-4)27-5)14-12-13-19-24(2,3)28(25,21-15-8-6-9-16-21)22-17-10-7-11-18-22/h6-11,15-18,20,23,25H,12-14,19H2,1-5H3. The molecule has 0 spiro atoms. The highest BCUT2D eigenvalue weighted by molar-refractivity contribution is 6.98. The number of benzene rings is 2. The molecule has 0 amide bonds. The Kier molecular flexibility index (Phi) is 8.44. The molecule has 28 heavy (non-hydrogen) atoms. The van der Waals surface area contributed by atoms with E-state index in [9.17, 15) is 4.80 Å². The van der Waals surface area contributed by atoms with E-state index >= 15 is 0 Å². The maximum absolute atomic E-state index is 12.2. The molecule has 0 saturated heterocycles. The average molecular weight is 401 g/mol. The van der Waals surface area contributed by atoms with Gasteiger partial charge in [0.25, 0.3) is 8.32 Å². The van der Waals surface area contributed by atoms with Gasteiger partial charge in [0.1, 0.15) is 0 Å². The summed E-state index contributed by atoms with van der Waals surface area (Å²) in [6.07, 6.45) is 4.07. The third-order valence-electron chi connectivity index (χ3n) is 6.00. The molecular formula is C24H36O3Si. The van der Waals surface area contributed by atoms with Gasteiger partial charge in [-0.3, -0.25) is 0 Å². The largest absolute Gasteiger partial charge is 0.424 e. The van der Waals surface area contributed by atoms with Gasteiger partial charge in [-0.05, 0) is 28.3 Å². The molecule has 0 aliphatic rings. The van der Waals surface area contributed by atoms with E-state index in [0.29, 0.717) is 5.92 Å². The van der Waals surface area contributed by atoms with Gasteiger partial charge in [-0.2, -0.15) is 0 Å². The van der Waals surface area contributed by atoms with Crippen LogP contribution in [0.2, 0.25) is 5.04 Å². The van der Waals surface area contributed by atoms with Crippen LogP contribution in [0.15, 0.2) is 60.7 Å². The number of ether oxygens (including phenoxy) is 2. The number of unbranched alkanes of at least 4 members (excludes halogenated alkanes) is 1. The Morgan fingerprint density at radius 2 is 1.32 bits per heavy atom. The lowest BCUT2D eigenvalue weighted by molar-refractivity contribution is -0.134. The highest BCUT2D eigenvalue weighted by Crippen LogP contribution is 2.40. The van der Waals surface area contributed by atoms with Gasteiger partial charge in [-0.1, -0.05) is 94.3 Å². The van der Waals surface area contributed by atoms with Crippen molar-refractivity contribution in [3.8, 4) is 0 Å². The molecule has 154 valence electrons. The van der Waals surface area contributed by atoms with Gasteiger partial charge in [0.2, 0.25) is 0 Å². The molecule has 0 aromatic heterocycles. The second-order valence-corrected chi connectivity index (χ2v) is 12.3. The minimum atomic E-state index is -2.89. The molecule has 1 atom stereocenters. The van der Waals surface area contributed by atoms with Crippen LogP contribution in [0.3, 0.4) is 0 Å². The van der Waals surface area contributed by atoms with E-state index in [4.69, 9.17) is 9.47 Å². The summed E-state index contributed by atoms with van der Waals surface area (Å²) in [6.45, 7) is 6.63. The van der Waals surface area contributed by atoms with E-state index in [0.717, 1.165) is 36.1 Å². The molecule has 0 aliphatic carbocycles. The van der Waals surface area contributed by atoms with Crippen molar-refractivity contribution < 1.29 is 14.3 Å². The first-order valence-electron chi connectivity index (χ1n) is 10.3. The average Bonchev–Trinajstić information content (AvgIpc) is 2.72. The van der Waals surface area contributed by atoms with Crippen LogP contribution in [-0.2, 0) is 9.47 Å². The monoisotopic (exact) mass is 400 g/mol. The van der Waals surface area contributed by atoms with E-state index in [1.165, 1.54) is 0 Å². The first-order chi connectivity index (χ1) is 13.4. The van der Waals surface area contributed by atoms with Gasteiger partial charge in [0, 0.05) is 20.1 Å². The predicted octanol–water partition coefficient (Wildman–Crippen LogP) is 4.33. The molecule has 1 unspecified atom stereocenters. The van der Waals surface area contributed by atoms with E-state index in [2.05, 4.69) is 45.0 Å². The lowest BCUT2D eigenvalue weighted by Crippen LogP contribution is -2.65. The second-order valence-electron chi connectivity index (χ2n) is 8.39. The first kappa shape index (κ1) is 22.8. The number of methoxy groups -OCH3 is 2. The summed E-state index contributed by atoms with van der Waals surface area (Å²) in [6, 6.07) is 20.5. The second kappa shape index (κ2) is 10.4. The maximum Gasteiger partial charge on any atom is 0.258 e. The number of hydrogen-bond donors (Lipinski definition) is 1. The number of rotatable bonds is 11. The summed E-state index contributed by atoms with van der Waals surface area (Å²) in [5, 5.41) is 1.98. The van der Waals surface area contributed by atoms with Crippen molar-refractivity contribution in [2.45, 2.75) is 57.8 Å². The van der Waals surface area contributed by atoms with Crippen molar-refractivity contribution in [1.82, 2.24) is 0 Å². The maximum atomic E-state index is 12.2. The van der Waals surface area contributed by atoms with Crippen molar-refractivity contribution in [3.05, 3.63) is 60.7 Å². The Morgan fingerprint density at radius 3 is 1.75 bits per heavy atom. The third kappa shape index (κ3) is 5.12. The lowest BCUT2D eigenvalue weighted by atomic mass is 9.99. The summed E-state index contributed by atoms with van der Waals surface area (Å²) in [5.41, 5.74) is 0.